The minimum Gasteiger partial charge on any atom is -0.493 e. The minimum absolute atomic E-state index is 0.0543. The molecule has 5 rings (SSSR count). The number of esters is 1. The average Bonchev–Trinajstić information content (AvgIpc) is 3.39. The van der Waals surface area contributed by atoms with Gasteiger partial charge in [-0.2, -0.15) is 0 Å². The maximum absolute atomic E-state index is 13.7. The van der Waals surface area contributed by atoms with Gasteiger partial charge in [-0.05, 0) is 62.9 Å². The van der Waals surface area contributed by atoms with Crippen molar-refractivity contribution in [2.75, 3.05) is 40.2 Å². The monoisotopic (exact) mass is 544 g/mol. The van der Waals surface area contributed by atoms with E-state index in [0.717, 1.165) is 12.0 Å². The van der Waals surface area contributed by atoms with Gasteiger partial charge in [-0.25, -0.2) is 4.39 Å². The highest BCUT2D eigenvalue weighted by atomic mass is 19.1. The SMILES string of the molecule is COCC1OC1(N[C@H](C)C(=O)OC(C)C)N1CC[C@@H](c2ccc(F)cc2)[C@H](COc2ccc3c(c2)OCO3)C1. The number of ether oxygens (including phenoxy) is 6. The fourth-order valence-electron chi connectivity index (χ4n) is 5.50. The lowest BCUT2D eigenvalue weighted by Crippen LogP contribution is -2.60. The number of hydrogen-bond acceptors (Lipinski definition) is 9. The molecule has 2 fully saturated rings. The number of hydrogen-bond donors (Lipinski definition) is 1. The van der Waals surface area contributed by atoms with Gasteiger partial charge >= 0.3 is 5.97 Å². The Morgan fingerprint density at radius 3 is 2.64 bits per heavy atom. The van der Waals surface area contributed by atoms with Gasteiger partial charge < -0.3 is 28.4 Å². The van der Waals surface area contributed by atoms with E-state index in [1.807, 2.05) is 44.2 Å². The smallest absolute Gasteiger partial charge is 0.323 e. The Morgan fingerprint density at radius 1 is 1.13 bits per heavy atom. The maximum Gasteiger partial charge on any atom is 0.323 e. The van der Waals surface area contributed by atoms with E-state index in [1.54, 1.807) is 14.0 Å². The molecule has 39 heavy (non-hydrogen) atoms. The molecular formula is C29H37FN2O7. The second kappa shape index (κ2) is 11.7. The first-order valence-electron chi connectivity index (χ1n) is 13.5. The third-order valence-electron chi connectivity index (χ3n) is 7.46. The topological polar surface area (TPSA) is 91.0 Å². The van der Waals surface area contributed by atoms with Crippen molar-refractivity contribution < 1.29 is 37.6 Å². The Balaban J connectivity index is 1.34. The van der Waals surface area contributed by atoms with Crippen LogP contribution in [0.5, 0.6) is 17.2 Å². The van der Waals surface area contributed by atoms with Crippen LogP contribution >= 0.6 is 0 Å². The molecule has 0 saturated carbocycles. The Hall–Kier alpha value is -2.92. The summed E-state index contributed by atoms with van der Waals surface area (Å²) in [6, 6.07) is 11.7. The molecule has 2 aromatic rings. The molecule has 212 valence electrons. The summed E-state index contributed by atoms with van der Waals surface area (Å²) in [5, 5.41) is 3.39. The molecule has 3 aliphatic heterocycles. The Kier molecular flexibility index (Phi) is 8.27. The molecule has 10 heteroatoms. The van der Waals surface area contributed by atoms with Crippen molar-refractivity contribution >= 4 is 5.97 Å². The molecule has 1 N–H and O–H groups in total. The van der Waals surface area contributed by atoms with Gasteiger partial charge in [0.15, 0.2) is 11.5 Å². The predicted octanol–water partition coefficient (Wildman–Crippen LogP) is 3.67. The number of halogens is 1. The molecule has 0 aromatic heterocycles. The van der Waals surface area contributed by atoms with Gasteiger partial charge in [0.2, 0.25) is 12.6 Å². The quantitative estimate of drug-likeness (QED) is 0.336. The van der Waals surface area contributed by atoms with Crippen molar-refractivity contribution in [2.24, 2.45) is 5.92 Å². The fourth-order valence-corrected chi connectivity index (χ4v) is 5.50. The maximum atomic E-state index is 13.7. The molecule has 2 unspecified atom stereocenters. The standard InChI is InChI=1S/C29H37FN2O7/c1-18(2)38-28(33)19(3)31-29(27(39-29)16-34-4)32-12-11-24(20-5-7-22(30)8-6-20)21(14-32)15-35-23-9-10-25-26(13-23)37-17-36-25/h5-10,13,18-19,21,24,27,31H,11-12,14-17H2,1-4H3/t19-,21+,24+,27?,29?/m1/s1. The number of carbonyl (C=O) groups is 1. The Labute approximate surface area is 228 Å². The number of benzene rings is 2. The summed E-state index contributed by atoms with van der Waals surface area (Å²) in [7, 11) is 1.63. The Bertz CT molecular complexity index is 1150. The second-order valence-electron chi connectivity index (χ2n) is 10.6. The summed E-state index contributed by atoms with van der Waals surface area (Å²) in [4.78, 5) is 14.8. The first-order chi connectivity index (χ1) is 18.8. The average molecular weight is 545 g/mol. The van der Waals surface area contributed by atoms with E-state index >= 15 is 0 Å². The van der Waals surface area contributed by atoms with Crippen LogP contribution in [0.3, 0.4) is 0 Å². The molecule has 0 spiro atoms. The van der Waals surface area contributed by atoms with Gasteiger partial charge in [-0.3, -0.25) is 15.0 Å². The molecule has 0 radical (unpaired) electrons. The number of fused-ring (bicyclic) bond motifs is 1. The second-order valence-corrected chi connectivity index (χ2v) is 10.6. The van der Waals surface area contributed by atoms with Crippen LogP contribution in [0.25, 0.3) is 0 Å². The van der Waals surface area contributed by atoms with Gasteiger partial charge in [0.25, 0.3) is 0 Å². The van der Waals surface area contributed by atoms with Crippen LogP contribution in [-0.2, 0) is 19.0 Å². The van der Waals surface area contributed by atoms with Crippen LogP contribution in [0.15, 0.2) is 42.5 Å². The van der Waals surface area contributed by atoms with Gasteiger partial charge in [0.05, 0.1) is 19.3 Å². The lowest BCUT2D eigenvalue weighted by molar-refractivity contribution is -0.151. The van der Waals surface area contributed by atoms with Gasteiger partial charge in [-0.15, -0.1) is 0 Å². The number of rotatable bonds is 11. The third kappa shape index (κ3) is 6.14. The lowest BCUT2D eigenvalue weighted by atomic mass is 9.80. The zero-order chi connectivity index (χ0) is 27.6. The minimum atomic E-state index is -0.851. The van der Waals surface area contributed by atoms with E-state index in [2.05, 4.69) is 10.2 Å². The van der Waals surface area contributed by atoms with Crippen molar-refractivity contribution in [3.8, 4) is 17.2 Å². The number of piperidine rings is 1. The first kappa shape index (κ1) is 27.6. The van der Waals surface area contributed by atoms with Crippen LogP contribution in [0.2, 0.25) is 0 Å². The lowest BCUT2D eigenvalue weighted by Gasteiger charge is -2.42. The summed E-state index contributed by atoms with van der Waals surface area (Å²) in [6.45, 7) is 7.78. The predicted molar refractivity (Wildman–Crippen MR) is 140 cm³/mol. The fraction of sp³-hybridized carbons (Fsp3) is 0.552. The van der Waals surface area contributed by atoms with Crippen LogP contribution in [0.1, 0.15) is 38.7 Å². The van der Waals surface area contributed by atoms with Crippen LogP contribution in [0.4, 0.5) is 4.39 Å². The molecule has 0 amide bonds. The number of epoxide rings is 1. The summed E-state index contributed by atoms with van der Waals surface area (Å²) in [5.74, 6) is 0.802. The molecule has 2 saturated heterocycles. The van der Waals surface area contributed by atoms with E-state index < -0.39 is 11.9 Å². The number of likely N-dealkylation sites (tertiary alicyclic amines) is 1. The zero-order valence-electron chi connectivity index (χ0n) is 22.9. The van der Waals surface area contributed by atoms with E-state index in [1.165, 1.54) is 12.1 Å². The number of methoxy groups -OCH3 is 1. The van der Waals surface area contributed by atoms with E-state index in [9.17, 15) is 9.18 Å². The highest BCUT2D eigenvalue weighted by Crippen LogP contribution is 2.44. The number of carbonyl (C=O) groups excluding carboxylic acids is 1. The largest absolute Gasteiger partial charge is 0.493 e. The summed E-state index contributed by atoms with van der Waals surface area (Å²) < 4.78 is 47.9. The number of nitrogens with one attached hydrogen (secondary N) is 1. The summed E-state index contributed by atoms with van der Waals surface area (Å²) in [6.07, 6.45) is 0.351. The van der Waals surface area contributed by atoms with E-state index in [-0.39, 0.29) is 42.6 Å². The number of nitrogens with zero attached hydrogens (tertiary/aromatic N) is 1. The van der Waals surface area contributed by atoms with Crippen molar-refractivity contribution in [3.05, 3.63) is 53.8 Å². The van der Waals surface area contributed by atoms with Crippen LogP contribution in [0, 0.1) is 11.7 Å². The summed E-state index contributed by atoms with van der Waals surface area (Å²) in [5.41, 5.74) is 1.07. The van der Waals surface area contributed by atoms with Crippen molar-refractivity contribution in [3.63, 3.8) is 0 Å². The van der Waals surface area contributed by atoms with Crippen molar-refractivity contribution in [2.45, 2.75) is 57.2 Å². The van der Waals surface area contributed by atoms with Crippen molar-refractivity contribution in [1.29, 1.82) is 0 Å². The van der Waals surface area contributed by atoms with Crippen molar-refractivity contribution in [1.82, 2.24) is 10.2 Å². The Morgan fingerprint density at radius 2 is 1.90 bits per heavy atom. The normalized spacial score (nSPS) is 26.9. The molecule has 3 aliphatic rings. The molecule has 5 atom stereocenters. The third-order valence-corrected chi connectivity index (χ3v) is 7.46. The molecule has 0 aliphatic carbocycles. The summed E-state index contributed by atoms with van der Waals surface area (Å²) >= 11 is 0. The molecule has 2 aromatic carbocycles. The highest BCUT2D eigenvalue weighted by Gasteiger charge is 2.63. The van der Waals surface area contributed by atoms with Gasteiger partial charge in [0, 0.05) is 32.2 Å². The van der Waals surface area contributed by atoms with Crippen LogP contribution in [-0.4, -0.2) is 75.2 Å². The molecule has 3 heterocycles. The molecular weight excluding hydrogens is 507 g/mol. The van der Waals surface area contributed by atoms with Crippen LogP contribution < -0.4 is 19.5 Å². The first-order valence-corrected chi connectivity index (χ1v) is 13.5. The van der Waals surface area contributed by atoms with Gasteiger partial charge in [0.1, 0.15) is 23.7 Å². The molecule has 9 nitrogen and oxygen atoms in total. The molecule has 0 bridgehead atoms. The highest BCUT2D eigenvalue weighted by molar-refractivity contribution is 5.75. The van der Waals surface area contributed by atoms with Gasteiger partial charge in [-0.1, -0.05) is 12.1 Å². The van der Waals surface area contributed by atoms with E-state index in [0.29, 0.717) is 43.6 Å². The van der Waals surface area contributed by atoms with E-state index in [4.69, 9.17) is 28.4 Å². The zero-order valence-corrected chi connectivity index (χ0v) is 22.9.